The second-order valence-electron chi connectivity index (χ2n) is 8.39. The highest BCUT2D eigenvalue weighted by Gasteiger charge is 2.23. The van der Waals surface area contributed by atoms with Crippen LogP contribution in [-0.2, 0) is 11.4 Å². The van der Waals surface area contributed by atoms with E-state index in [1.807, 2.05) is 42.3 Å². The first kappa shape index (κ1) is 22.7. The van der Waals surface area contributed by atoms with Gasteiger partial charge in [0.1, 0.15) is 12.4 Å². The van der Waals surface area contributed by atoms with Crippen molar-refractivity contribution in [3.63, 3.8) is 0 Å². The third-order valence-electron chi connectivity index (χ3n) is 5.82. The molecule has 1 fully saturated rings. The molecular weight excluding hydrogens is 420 g/mol. The van der Waals surface area contributed by atoms with Gasteiger partial charge in [-0.25, -0.2) is 10.5 Å². The Morgan fingerprint density at radius 3 is 2.76 bits per heavy atom. The van der Waals surface area contributed by atoms with Crippen LogP contribution in [0.2, 0.25) is 0 Å². The molecular formula is C25H28N4O4. The summed E-state index contributed by atoms with van der Waals surface area (Å²) in [5.74, 6) is 0.163. The Morgan fingerprint density at radius 2 is 1.97 bits per heavy atom. The highest BCUT2D eigenvalue weighted by Crippen LogP contribution is 2.22. The first-order chi connectivity index (χ1) is 16.0. The summed E-state index contributed by atoms with van der Waals surface area (Å²) in [6, 6.07) is 17.1. The first-order valence-corrected chi connectivity index (χ1v) is 11.1. The number of aryl methyl sites for hydroxylation is 1. The van der Waals surface area contributed by atoms with Crippen LogP contribution in [0.3, 0.4) is 0 Å². The SMILES string of the molecule is Cc1cc(COc2ccc(C(=O)NN3CCCC(CC(=O)NO)C3)cc2)c2ccccc2n1. The summed E-state index contributed by atoms with van der Waals surface area (Å²) in [7, 11) is 0. The second-order valence-corrected chi connectivity index (χ2v) is 8.39. The van der Waals surface area contributed by atoms with Crippen molar-refractivity contribution in [2.24, 2.45) is 5.92 Å². The zero-order chi connectivity index (χ0) is 23.2. The zero-order valence-electron chi connectivity index (χ0n) is 18.6. The summed E-state index contributed by atoms with van der Waals surface area (Å²) in [5, 5.41) is 11.6. The first-order valence-electron chi connectivity index (χ1n) is 11.1. The molecule has 1 atom stereocenters. The van der Waals surface area contributed by atoms with Gasteiger partial charge in [-0.15, -0.1) is 0 Å². The van der Waals surface area contributed by atoms with Gasteiger partial charge in [-0.3, -0.25) is 25.2 Å². The van der Waals surface area contributed by atoms with Crippen LogP contribution in [0.4, 0.5) is 0 Å². The maximum Gasteiger partial charge on any atom is 0.265 e. The van der Waals surface area contributed by atoms with Crippen LogP contribution in [-0.4, -0.2) is 40.1 Å². The molecule has 1 aromatic heterocycles. The van der Waals surface area contributed by atoms with Gasteiger partial charge in [0.25, 0.3) is 5.91 Å². The molecule has 33 heavy (non-hydrogen) atoms. The average molecular weight is 449 g/mol. The van der Waals surface area contributed by atoms with Gasteiger partial charge in [0.05, 0.1) is 5.52 Å². The molecule has 0 radical (unpaired) electrons. The van der Waals surface area contributed by atoms with Gasteiger partial charge in [0, 0.05) is 41.7 Å². The third kappa shape index (κ3) is 5.85. The number of benzene rings is 2. The van der Waals surface area contributed by atoms with Crippen LogP contribution in [0.15, 0.2) is 54.6 Å². The molecule has 1 aliphatic rings. The fourth-order valence-corrected chi connectivity index (χ4v) is 4.23. The molecule has 1 aliphatic heterocycles. The van der Waals surface area contributed by atoms with E-state index in [0.717, 1.165) is 41.5 Å². The number of carbonyl (C=O) groups excluding carboxylic acids is 2. The highest BCUT2D eigenvalue weighted by molar-refractivity contribution is 5.94. The summed E-state index contributed by atoms with van der Waals surface area (Å²) < 4.78 is 5.97. The van der Waals surface area contributed by atoms with E-state index in [1.165, 1.54) is 0 Å². The molecule has 4 rings (SSSR count). The second kappa shape index (κ2) is 10.4. The summed E-state index contributed by atoms with van der Waals surface area (Å²) in [6.07, 6.45) is 2.00. The van der Waals surface area contributed by atoms with Crippen molar-refractivity contribution >= 4 is 22.7 Å². The van der Waals surface area contributed by atoms with Crippen LogP contribution in [0, 0.1) is 12.8 Å². The maximum atomic E-state index is 12.7. The van der Waals surface area contributed by atoms with Crippen LogP contribution in [0.25, 0.3) is 10.9 Å². The molecule has 2 amide bonds. The van der Waals surface area contributed by atoms with Crippen LogP contribution >= 0.6 is 0 Å². The molecule has 3 N–H and O–H groups in total. The van der Waals surface area contributed by atoms with E-state index in [1.54, 1.807) is 29.7 Å². The minimum absolute atomic E-state index is 0.0925. The maximum absolute atomic E-state index is 12.7. The number of aromatic nitrogens is 1. The molecule has 8 heteroatoms. The van der Waals surface area contributed by atoms with E-state index < -0.39 is 5.91 Å². The van der Waals surface area contributed by atoms with E-state index in [2.05, 4.69) is 10.4 Å². The van der Waals surface area contributed by atoms with Crippen molar-refractivity contribution in [3.05, 3.63) is 71.4 Å². The third-order valence-corrected chi connectivity index (χ3v) is 5.82. The number of nitrogens with zero attached hydrogens (tertiary/aromatic N) is 2. The van der Waals surface area contributed by atoms with E-state index in [0.29, 0.717) is 24.5 Å². The number of ether oxygens (including phenoxy) is 1. The van der Waals surface area contributed by atoms with Gasteiger partial charge in [-0.05, 0) is 62.1 Å². The normalized spacial score (nSPS) is 16.4. The zero-order valence-corrected chi connectivity index (χ0v) is 18.6. The van der Waals surface area contributed by atoms with Crippen molar-refractivity contribution in [1.82, 2.24) is 20.9 Å². The molecule has 2 heterocycles. The number of carbonyl (C=O) groups is 2. The Bertz CT molecular complexity index is 1130. The Morgan fingerprint density at radius 1 is 1.18 bits per heavy atom. The van der Waals surface area contributed by atoms with Crippen molar-refractivity contribution in [2.45, 2.75) is 32.8 Å². The lowest BCUT2D eigenvalue weighted by molar-refractivity contribution is -0.130. The van der Waals surface area contributed by atoms with E-state index >= 15 is 0 Å². The minimum atomic E-state index is -0.404. The minimum Gasteiger partial charge on any atom is -0.489 e. The Balaban J connectivity index is 1.34. The van der Waals surface area contributed by atoms with Crippen LogP contribution in [0.5, 0.6) is 5.75 Å². The van der Waals surface area contributed by atoms with Gasteiger partial charge in [0.15, 0.2) is 0 Å². The largest absolute Gasteiger partial charge is 0.489 e. The fraction of sp³-hybridized carbons (Fsp3) is 0.320. The Hall–Kier alpha value is -3.49. The molecule has 1 unspecified atom stereocenters. The monoisotopic (exact) mass is 448 g/mol. The number of para-hydroxylation sites is 1. The summed E-state index contributed by atoms with van der Waals surface area (Å²) in [6.45, 7) is 3.67. The standard InChI is InChI=1S/C25H28N4O4/c1-17-13-20(22-6-2-3-7-23(22)26-17)16-33-21-10-8-19(9-11-21)25(31)27-29-12-4-5-18(15-29)14-24(30)28-32/h2-3,6-11,13,18,32H,4-5,12,14-16H2,1H3,(H,27,31)(H,28,30). The number of amides is 2. The van der Waals surface area contributed by atoms with Crippen LogP contribution < -0.4 is 15.6 Å². The number of rotatable bonds is 7. The topological polar surface area (TPSA) is 104 Å². The molecule has 0 spiro atoms. The quantitative estimate of drug-likeness (QED) is 0.378. The average Bonchev–Trinajstić information content (AvgIpc) is 2.83. The van der Waals surface area contributed by atoms with Crippen molar-refractivity contribution in [1.29, 1.82) is 0 Å². The Labute approximate surface area is 192 Å². The number of pyridine rings is 1. The number of hydrogen-bond acceptors (Lipinski definition) is 6. The molecule has 8 nitrogen and oxygen atoms in total. The fourth-order valence-electron chi connectivity index (χ4n) is 4.23. The number of hydrazine groups is 1. The number of piperidine rings is 1. The van der Waals surface area contributed by atoms with Crippen molar-refractivity contribution in [2.75, 3.05) is 13.1 Å². The van der Waals surface area contributed by atoms with Gasteiger partial charge >= 0.3 is 0 Å². The number of nitrogens with one attached hydrogen (secondary N) is 2. The molecule has 1 saturated heterocycles. The molecule has 2 aromatic carbocycles. The molecule has 0 bridgehead atoms. The lowest BCUT2D eigenvalue weighted by Crippen LogP contribution is -2.48. The predicted molar refractivity (Wildman–Crippen MR) is 124 cm³/mol. The molecule has 172 valence electrons. The number of hydroxylamine groups is 1. The van der Waals surface area contributed by atoms with Gasteiger partial charge in [0.2, 0.25) is 5.91 Å². The highest BCUT2D eigenvalue weighted by atomic mass is 16.5. The summed E-state index contributed by atoms with van der Waals surface area (Å²) in [4.78, 5) is 28.6. The molecule has 0 saturated carbocycles. The van der Waals surface area contributed by atoms with Gasteiger partial charge in [-0.1, -0.05) is 18.2 Å². The van der Waals surface area contributed by atoms with Crippen LogP contribution in [0.1, 0.15) is 40.9 Å². The van der Waals surface area contributed by atoms with E-state index in [-0.39, 0.29) is 18.2 Å². The van der Waals surface area contributed by atoms with E-state index in [4.69, 9.17) is 9.94 Å². The van der Waals surface area contributed by atoms with Crippen molar-refractivity contribution < 1.29 is 19.5 Å². The number of fused-ring (bicyclic) bond motifs is 1. The number of hydrogen-bond donors (Lipinski definition) is 3. The summed E-state index contributed by atoms with van der Waals surface area (Å²) >= 11 is 0. The van der Waals surface area contributed by atoms with Gasteiger partial charge in [-0.2, -0.15) is 0 Å². The molecule has 3 aromatic rings. The predicted octanol–water partition coefficient (Wildman–Crippen LogP) is 3.37. The van der Waals surface area contributed by atoms with E-state index in [9.17, 15) is 9.59 Å². The Kier molecular flexibility index (Phi) is 7.16. The van der Waals surface area contributed by atoms with Gasteiger partial charge < -0.3 is 4.74 Å². The van der Waals surface area contributed by atoms with Crippen molar-refractivity contribution in [3.8, 4) is 5.75 Å². The smallest absolute Gasteiger partial charge is 0.265 e. The summed E-state index contributed by atoms with van der Waals surface area (Å²) in [5.41, 5.74) is 8.06. The lowest BCUT2D eigenvalue weighted by atomic mass is 9.95. The lowest BCUT2D eigenvalue weighted by Gasteiger charge is -2.32. The molecule has 0 aliphatic carbocycles.